The van der Waals surface area contributed by atoms with Gasteiger partial charge in [0.05, 0.1) is 23.3 Å². The Balaban J connectivity index is 1.54. The van der Waals surface area contributed by atoms with Gasteiger partial charge in [-0.25, -0.2) is 5.43 Å². The van der Waals surface area contributed by atoms with Gasteiger partial charge in [0.25, 0.3) is 0 Å². The minimum absolute atomic E-state index is 0.0597. The molecule has 34 heavy (non-hydrogen) atoms. The van der Waals surface area contributed by atoms with Gasteiger partial charge in [-0.1, -0.05) is 24.3 Å². The number of nitrogens with zero attached hydrogens (tertiary/aromatic N) is 3. The number of hydrazone groups is 1. The second-order valence-corrected chi connectivity index (χ2v) is 9.50. The molecule has 1 heterocycles. The number of ether oxygens (including phenoxy) is 3. The second-order valence-electron chi connectivity index (χ2n) is 7.24. The summed E-state index contributed by atoms with van der Waals surface area (Å²) in [5.74, 6) is 1.71. The van der Waals surface area contributed by atoms with Crippen molar-refractivity contribution in [2.24, 2.45) is 5.10 Å². The molecule has 0 aliphatic heterocycles. The van der Waals surface area contributed by atoms with Gasteiger partial charge in [-0.2, -0.15) is 5.10 Å². The van der Waals surface area contributed by atoms with Crippen molar-refractivity contribution >= 4 is 51.2 Å². The van der Waals surface area contributed by atoms with Crippen LogP contribution in [-0.4, -0.2) is 42.6 Å². The highest BCUT2D eigenvalue weighted by Gasteiger charge is 2.12. The summed E-state index contributed by atoms with van der Waals surface area (Å²) in [5, 5.41) is 12.3. The number of halogens is 1. The molecule has 3 N–H and O–H groups in total. The highest BCUT2D eigenvalue weighted by molar-refractivity contribution is 14.1. The Morgan fingerprint density at radius 2 is 2.00 bits per heavy atom. The van der Waals surface area contributed by atoms with E-state index in [1.807, 2.05) is 18.2 Å². The number of nitrogen functional groups attached to an aromatic ring is 1. The molecule has 0 saturated carbocycles. The molecule has 0 spiro atoms. The van der Waals surface area contributed by atoms with E-state index in [4.69, 9.17) is 19.9 Å². The van der Waals surface area contributed by atoms with Gasteiger partial charge in [0.2, 0.25) is 11.0 Å². The number of nitrogens with two attached hydrogens (primary N) is 1. The van der Waals surface area contributed by atoms with Gasteiger partial charge in [-0.3, -0.25) is 4.79 Å². The normalized spacial score (nSPS) is 10.9. The minimum atomic E-state index is -0.311. The largest absolute Gasteiger partial charge is 0.493 e. The van der Waals surface area contributed by atoms with Crippen LogP contribution in [0.2, 0.25) is 0 Å². The summed E-state index contributed by atoms with van der Waals surface area (Å²) in [6.45, 7) is 4.94. The molecule has 3 rings (SSSR count). The summed E-state index contributed by atoms with van der Waals surface area (Å²) in [6, 6.07) is 9.89. The molecule has 0 radical (unpaired) electrons. The Morgan fingerprint density at radius 3 is 2.71 bits per heavy atom. The van der Waals surface area contributed by atoms with E-state index in [0.717, 1.165) is 21.3 Å². The predicted molar refractivity (Wildman–Crippen MR) is 141 cm³/mol. The first kappa shape index (κ1) is 25.7. The number of amides is 1. The lowest BCUT2D eigenvalue weighted by Crippen LogP contribution is -2.19. The maximum atomic E-state index is 12.0. The van der Waals surface area contributed by atoms with Crippen LogP contribution in [-0.2, 0) is 17.6 Å². The molecule has 0 unspecified atom stereocenters. The maximum Gasteiger partial charge on any atom is 0.247 e. The van der Waals surface area contributed by atoms with Gasteiger partial charge >= 0.3 is 0 Å². The standard InChI is InChI=1S/C23H26IN5O4S/c1-4-15-7-14(2)8-17(9-15)32-5-6-33-22-18(24)10-16(11-19(22)31-3)13-26-27-20(30)12-21-28-29-23(25)34-21/h7-11,13H,4-6,12H2,1-3H3,(H2,25,29)(H,27,30)/b26-13-. The van der Waals surface area contributed by atoms with Gasteiger partial charge < -0.3 is 19.9 Å². The molecule has 2 aromatic carbocycles. The number of carbonyl (C=O) groups excluding carboxylic acids is 1. The number of rotatable bonds is 11. The van der Waals surface area contributed by atoms with Crippen LogP contribution < -0.4 is 25.4 Å². The van der Waals surface area contributed by atoms with Gasteiger partial charge in [0.15, 0.2) is 11.5 Å². The lowest BCUT2D eigenvalue weighted by molar-refractivity contribution is -0.120. The first-order valence-electron chi connectivity index (χ1n) is 10.5. The van der Waals surface area contributed by atoms with E-state index >= 15 is 0 Å². The van der Waals surface area contributed by atoms with Gasteiger partial charge in [0, 0.05) is 0 Å². The molecule has 1 amide bonds. The SMILES string of the molecule is CCc1cc(C)cc(OCCOc2c(I)cc(/C=N\NC(=O)Cc3nnc(N)s3)cc2OC)c1. The van der Waals surface area contributed by atoms with E-state index < -0.39 is 0 Å². The van der Waals surface area contributed by atoms with E-state index in [2.05, 4.69) is 63.2 Å². The Morgan fingerprint density at radius 1 is 1.21 bits per heavy atom. The second kappa shape index (κ2) is 12.5. The Labute approximate surface area is 215 Å². The van der Waals surface area contributed by atoms with Crippen LogP contribution in [0.5, 0.6) is 17.2 Å². The molecule has 1 aromatic heterocycles. The third-order valence-corrected chi connectivity index (χ3v) is 6.12. The molecule has 0 saturated heterocycles. The van der Waals surface area contributed by atoms with E-state index in [-0.39, 0.29) is 12.3 Å². The van der Waals surface area contributed by atoms with Crippen molar-refractivity contribution in [3.8, 4) is 17.2 Å². The topological polar surface area (TPSA) is 121 Å². The third-order valence-electron chi connectivity index (χ3n) is 4.57. The Bertz CT molecular complexity index is 1170. The van der Waals surface area contributed by atoms with E-state index in [1.54, 1.807) is 13.2 Å². The van der Waals surface area contributed by atoms with Crippen molar-refractivity contribution in [1.82, 2.24) is 15.6 Å². The van der Waals surface area contributed by atoms with Crippen LogP contribution in [0.3, 0.4) is 0 Å². The number of anilines is 1. The average molecular weight is 595 g/mol. The van der Waals surface area contributed by atoms with Crippen molar-refractivity contribution in [2.75, 3.05) is 26.1 Å². The van der Waals surface area contributed by atoms with Crippen LogP contribution in [0.4, 0.5) is 5.13 Å². The van der Waals surface area contributed by atoms with Gasteiger partial charge in [0.1, 0.15) is 24.0 Å². The maximum absolute atomic E-state index is 12.0. The number of hydrogen-bond acceptors (Lipinski definition) is 9. The van der Waals surface area contributed by atoms with E-state index in [1.165, 1.54) is 28.7 Å². The Hall–Kier alpha value is -2.93. The summed E-state index contributed by atoms with van der Waals surface area (Å²) in [7, 11) is 1.57. The highest BCUT2D eigenvalue weighted by atomic mass is 127. The molecule has 3 aromatic rings. The molecule has 0 atom stereocenters. The van der Waals surface area contributed by atoms with Crippen molar-refractivity contribution in [3.05, 3.63) is 55.6 Å². The molecular weight excluding hydrogens is 569 g/mol. The first-order valence-corrected chi connectivity index (χ1v) is 12.4. The number of methoxy groups -OCH3 is 1. The summed E-state index contributed by atoms with van der Waals surface area (Å²) in [6.07, 6.45) is 2.55. The van der Waals surface area contributed by atoms with E-state index in [0.29, 0.717) is 34.9 Å². The number of carbonyl (C=O) groups is 1. The minimum Gasteiger partial charge on any atom is -0.493 e. The smallest absolute Gasteiger partial charge is 0.247 e. The zero-order chi connectivity index (χ0) is 24.5. The number of nitrogens with one attached hydrogen (secondary N) is 1. The number of benzene rings is 2. The van der Waals surface area contributed by atoms with Crippen molar-refractivity contribution < 1.29 is 19.0 Å². The van der Waals surface area contributed by atoms with Crippen LogP contribution >= 0.6 is 33.9 Å². The molecule has 11 heteroatoms. The van der Waals surface area contributed by atoms with Crippen LogP contribution in [0, 0.1) is 10.5 Å². The molecule has 0 aliphatic carbocycles. The fourth-order valence-corrected chi connectivity index (χ4v) is 4.45. The Kier molecular flexibility index (Phi) is 9.45. The molecule has 0 fully saturated rings. The summed E-state index contributed by atoms with van der Waals surface area (Å²) in [4.78, 5) is 12.0. The summed E-state index contributed by atoms with van der Waals surface area (Å²) >= 11 is 3.34. The molecule has 0 aliphatic rings. The third kappa shape index (κ3) is 7.55. The first-order chi connectivity index (χ1) is 16.4. The quantitative estimate of drug-likeness (QED) is 0.150. The molecular formula is C23H26IN5O4S. The van der Waals surface area contributed by atoms with Crippen LogP contribution in [0.1, 0.15) is 28.6 Å². The van der Waals surface area contributed by atoms with Gasteiger partial charge in [-0.15, -0.1) is 10.2 Å². The fraction of sp³-hybridized carbons (Fsp3) is 0.304. The van der Waals surface area contributed by atoms with E-state index in [9.17, 15) is 4.79 Å². The van der Waals surface area contributed by atoms with Crippen molar-refractivity contribution in [3.63, 3.8) is 0 Å². The molecule has 9 nitrogen and oxygen atoms in total. The monoisotopic (exact) mass is 595 g/mol. The number of hydrogen-bond donors (Lipinski definition) is 2. The van der Waals surface area contributed by atoms with Gasteiger partial charge in [-0.05, 0) is 76.9 Å². The summed E-state index contributed by atoms with van der Waals surface area (Å²) < 4.78 is 18.1. The number of aryl methyl sites for hydroxylation is 2. The zero-order valence-corrected chi connectivity index (χ0v) is 22.1. The predicted octanol–water partition coefficient (Wildman–Crippen LogP) is 3.75. The van der Waals surface area contributed by atoms with Crippen molar-refractivity contribution in [1.29, 1.82) is 0 Å². The number of aromatic nitrogens is 2. The van der Waals surface area contributed by atoms with Crippen LogP contribution in [0.25, 0.3) is 0 Å². The average Bonchev–Trinajstić information content (AvgIpc) is 3.21. The van der Waals surface area contributed by atoms with Crippen LogP contribution in [0.15, 0.2) is 35.4 Å². The molecule has 180 valence electrons. The fourth-order valence-electron chi connectivity index (χ4n) is 3.06. The lowest BCUT2D eigenvalue weighted by Gasteiger charge is -2.14. The highest BCUT2D eigenvalue weighted by Crippen LogP contribution is 2.33. The summed E-state index contributed by atoms with van der Waals surface area (Å²) in [5.41, 5.74) is 11.1. The zero-order valence-electron chi connectivity index (χ0n) is 19.1. The lowest BCUT2D eigenvalue weighted by atomic mass is 10.1. The molecule has 0 bridgehead atoms. The van der Waals surface area contributed by atoms with Crippen molar-refractivity contribution in [2.45, 2.75) is 26.7 Å².